The van der Waals surface area contributed by atoms with Gasteiger partial charge >= 0.3 is 6.03 Å². The highest BCUT2D eigenvalue weighted by Crippen LogP contribution is 2.35. The first-order chi connectivity index (χ1) is 16.3. The summed E-state index contributed by atoms with van der Waals surface area (Å²) in [6.45, 7) is 6.43. The zero-order valence-electron chi connectivity index (χ0n) is 19.3. The molecule has 4 heterocycles. The van der Waals surface area contributed by atoms with Crippen LogP contribution in [0.1, 0.15) is 20.8 Å². The zero-order chi connectivity index (χ0) is 23.9. The van der Waals surface area contributed by atoms with Crippen molar-refractivity contribution in [3.8, 4) is 10.6 Å². The Morgan fingerprint density at radius 3 is 2.79 bits per heavy atom. The Morgan fingerprint density at radius 2 is 2.03 bits per heavy atom. The lowest BCUT2D eigenvalue weighted by Gasteiger charge is -2.27. The SMILES string of the molecule is CC1C=CC=CN1c1ccc2sc(-c3ccnc(NCCN4C(=O)NC(=O)C4(C)C)n3)cc2c1. The van der Waals surface area contributed by atoms with Crippen molar-refractivity contribution in [3.05, 3.63) is 61.0 Å². The molecule has 0 spiro atoms. The number of thiophene rings is 1. The first-order valence-corrected chi connectivity index (χ1v) is 12.0. The van der Waals surface area contributed by atoms with E-state index in [0.29, 0.717) is 25.1 Å². The number of imide groups is 1. The molecule has 2 aromatic heterocycles. The van der Waals surface area contributed by atoms with Crippen molar-refractivity contribution >= 4 is 45.0 Å². The molecule has 1 aromatic carbocycles. The Bertz CT molecular complexity index is 1330. The van der Waals surface area contributed by atoms with Crippen LogP contribution in [0.5, 0.6) is 0 Å². The highest BCUT2D eigenvalue weighted by Gasteiger charge is 2.45. The molecule has 0 radical (unpaired) electrons. The second kappa shape index (κ2) is 8.57. The number of rotatable bonds is 6. The zero-order valence-corrected chi connectivity index (χ0v) is 20.1. The fourth-order valence-corrected chi connectivity index (χ4v) is 5.18. The Hall–Kier alpha value is -3.72. The summed E-state index contributed by atoms with van der Waals surface area (Å²) in [4.78, 5) is 37.8. The van der Waals surface area contributed by atoms with Crippen LogP contribution in [0.2, 0.25) is 0 Å². The van der Waals surface area contributed by atoms with Crippen molar-refractivity contribution in [3.63, 3.8) is 0 Å². The summed E-state index contributed by atoms with van der Waals surface area (Å²) in [5.74, 6) is 0.198. The van der Waals surface area contributed by atoms with Crippen molar-refractivity contribution < 1.29 is 9.59 Å². The quantitative estimate of drug-likeness (QED) is 0.516. The molecule has 5 rings (SSSR count). The number of benzene rings is 1. The number of amides is 3. The molecule has 1 fully saturated rings. The van der Waals surface area contributed by atoms with Gasteiger partial charge in [-0.15, -0.1) is 11.3 Å². The number of fused-ring (bicyclic) bond motifs is 1. The molecule has 2 aliphatic rings. The molecular formula is C25H26N6O2S. The first-order valence-electron chi connectivity index (χ1n) is 11.2. The Morgan fingerprint density at radius 1 is 1.18 bits per heavy atom. The fourth-order valence-electron chi connectivity index (χ4n) is 4.17. The average molecular weight is 475 g/mol. The van der Waals surface area contributed by atoms with Gasteiger partial charge in [0, 0.05) is 41.9 Å². The van der Waals surface area contributed by atoms with E-state index in [9.17, 15) is 9.59 Å². The minimum Gasteiger partial charge on any atom is -0.352 e. The van der Waals surface area contributed by atoms with Crippen molar-refractivity contribution in [2.75, 3.05) is 23.3 Å². The molecule has 2 aliphatic heterocycles. The largest absolute Gasteiger partial charge is 0.352 e. The van der Waals surface area contributed by atoms with Gasteiger partial charge in [0.05, 0.1) is 10.6 Å². The molecular weight excluding hydrogens is 448 g/mol. The highest BCUT2D eigenvalue weighted by atomic mass is 32.1. The Balaban J connectivity index is 1.30. The van der Waals surface area contributed by atoms with Crippen LogP contribution in [-0.2, 0) is 4.79 Å². The first kappa shape index (κ1) is 22.1. The number of hydrogen-bond donors (Lipinski definition) is 2. The maximum Gasteiger partial charge on any atom is 0.325 e. The summed E-state index contributed by atoms with van der Waals surface area (Å²) < 4.78 is 1.20. The summed E-state index contributed by atoms with van der Waals surface area (Å²) in [7, 11) is 0. The van der Waals surface area contributed by atoms with Crippen LogP contribution in [0.25, 0.3) is 20.7 Å². The molecule has 3 amide bonds. The Labute approximate surface area is 202 Å². The number of allylic oxidation sites excluding steroid dienone is 2. The number of carbonyl (C=O) groups excluding carboxylic acids is 2. The second-order valence-corrected chi connectivity index (χ2v) is 9.95. The number of hydrogen-bond acceptors (Lipinski definition) is 7. The van der Waals surface area contributed by atoms with E-state index in [1.54, 1.807) is 31.4 Å². The molecule has 1 atom stereocenters. The molecule has 1 unspecified atom stereocenters. The van der Waals surface area contributed by atoms with E-state index in [0.717, 1.165) is 16.3 Å². The fraction of sp³-hybridized carbons (Fsp3) is 0.280. The van der Waals surface area contributed by atoms with Gasteiger partial charge in [-0.05, 0) is 62.6 Å². The van der Waals surface area contributed by atoms with Gasteiger partial charge in [-0.3, -0.25) is 10.1 Å². The van der Waals surface area contributed by atoms with Crippen molar-refractivity contribution in [1.82, 2.24) is 20.2 Å². The summed E-state index contributed by atoms with van der Waals surface area (Å²) in [6, 6.07) is 10.5. The smallest absolute Gasteiger partial charge is 0.325 e. The molecule has 2 N–H and O–H groups in total. The van der Waals surface area contributed by atoms with E-state index in [1.165, 1.54) is 15.0 Å². The number of nitrogens with one attached hydrogen (secondary N) is 2. The third-order valence-electron chi connectivity index (χ3n) is 6.21. The topological polar surface area (TPSA) is 90.5 Å². The van der Waals surface area contributed by atoms with Crippen LogP contribution < -0.4 is 15.5 Å². The molecule has 1 saturated heterocycles. The van der Waals surface area contributed by atoms with Gasteiger partial charge in [-0.1, -0.05) is 12.2 Å². The average Bonchev–Trinajstić information content (AvgIpc) is 3.33. The van der Waals surface area contributed by atoms with E-state index >= 15 is 0 Å². The molecule has 0 aliphatic carbocycles. The molecule has 3 aromatic rings. The molecule has 0 bridgehead atoms. The summed E-state index contributed by atoms with van der Waals surface area (Å²) in [5.41, 5.74) is 1.13. The third-order valence-corrected chi connectivity index (χ3v) is 7.35. The highest BCUT2D eigenvalue weighted by molar-refractivity contribution is 7.22. The van der Waals surface area contributed by atoms with Gasteiger partial charge < -0.3 is 15.1 Å². The van der Waals surface area contributed by atoms with Crippen molar-refractivity contribution in [2.24, 2.45) is 0 Å². The lowest BCUT2D eigenvalue weighted by Crippen LogP contribution is -2.46. The minimum atomic E-state index is -0.866. The monoisotopic (exact) mass is 474 g/mol. The minimum absolute atomic E-state index is 0.286. The molecule has 8 nitrogen and oxygen atoms in total. The Kier molecular flexibility index (Phi) is 5.57. The van der Waals surface area contributed by atoms with Crippen LogP contribution in [0.15, 0.2) is 61.0 Å². The predicted octanol–water partition coefficient (Wildman–Crippen LogP) is 4.38. The number of anilines is 2. The lowest BCUT2D eigenvalue weighted by atomic mass is 10.0. The number of aromatic nitrogens is 2. The van der Waals surface area contributed by atoms with E-state index < -0.39 is 5.54 Å². The van der Waals surface area contributed by atoms with Crippen LogP contribution >= 0.6 is 11.3 Å². The van der Waals surface area contributed by atoms with E-state index in [-0.39, 0.29) is 11.9 Å². The van der Waals surface area contributed by atoms with Gasteiger partial charge in [-0.2, -0.15) is 0 Å². The van der Waals surface area contributed by atoms with Crippen molar-refractivity contribution in [1.29, 1.82) is 0 Å². The van der Waals surface area contributed by atoms with Gasteiger partial charge in [0.15, 0.2) is 0 Å². The van der Waals surface area contributed by atoms with Crippen molar-refractivity contribution in [2.45, 2.75) is 32.4 Å². The van der Waals surface area contributed by atoms with E-state index in [2.05, 4.69) is 75.0 Å². The van der Waals surface area contributed by atoms with Gasteiger partial charge in [0.1, 0.15) is 5.54 Å². The molecule has 34 heavy (non-hydrogen) atoms. The van der Waals surface area contributed by atoms with E-state index in [1.807, 2.05) is 12.1 Å². The molecule has 174 valence electrons. The second-order valence-electron chi connectivity index (χ2n) is 8.87. The van der Waals surface area contributed by atoms with E-state index in [4.69, 9.17) is 0 Å². The van der Waals surface area contributed by atoms with Crippen LogP contribution in [0.4, 0.5) is 16.4 Å². The maximum absolute atomic E-state index is 12.0. The van der Waals surface area contributed by atoms with Gasteiger partial charge in [0.25, 0.3) is 5.91 Å². The van der Waals surface area contributed by atoms with Crippen LogP contribution in [0, 0.1) is 0 Å². The maximum atomic E-state index is 12.0. The summed E-state index contributed by atoms with van der Waals surface area (Å²) in [6.07, 6.45) is 10.1. The van der Waals surface area contributed by atoms with Crippen LogP contribution in [-0.4, -0.2) is 51.5 Å². The van der Waals surface area contributed by atoms with Gasteiger partial charge in [-0.25, -0.2) is 14.8 Å². The summed E-state index contributed by atoms with van der Waals surface area (Å²) in [5, 5.41) is 6.70. The standard InChI is InChI=1S/C25H26N6O2S/c1-16-6-4-5-12-30(16)18-7-8-20-17(14-18)15-21(34-20)19-9-10-26-23(28-19)27-11-13-31-24(33)29-22(32)25(31,2)3/h4-10,12,14-16H,11,13H2,1-3H3,(H,26,27,28)(H,29,32,33). The van der Waals surface area contributed by atoms with Crippen LogP contribution in [0.3, 0.4) is 0 Å². The normalized spacial score (nSPS) is 19.2. The number of urea groups is 1. The molecule has 9 heteroatoms. The lowest BCUT2D eigenvalue weighted by molar-refractivity contribution is -0.125. The predicted molar refractivity (Wildman–Crippen MR) is 136 cm³/mol. The third kappa shape index (κ3) is 4.03. The van der Waals surface area contributed by atoms with Gasteiger partial charge in [0.2, 0.25) is 5.95 Å². The number of carbonyl (C=O) groups is 2. The molecule has 0 saturated carbocycles. The summed E-state index contributed by atoms with van der Waals surface area (Å²) >= 11 is 1.69. The number of nitrogens with zero attached hydrogens (tertiary/aromatic N) is 4.